The summed E-state index contributed by atoms with van der Waals surface area (Å²) in [4.78, 5) is 19.5. The molecule has 0 aliphatic carbocycles. The quantitative estimate of drug-likeness (QED) is 0.608. The van der Waals surface area contributed by atoms with E-state index in [1.807, 2.05) is 36.4 Å². The summed E-state index contributed by atoms with van der Waals surface area (Å²) in [7, 11) is 1.63. The van der Waals surface area contributed by atoms with Gasteiger partial charge in [-0.3, -0.25) is 9.78 Å². The monoisotopic (exact) mass is 318 g/mol. The summed E-state index contributed by atoms with van der Waals surface area (Å²) in [5, 5.41) is 7.66. The zero-order chi connectivity index (χ0) is 16.5. The smallest absolute Gasteiger partial charge is 0.273 e. The number of H-pyrrole nitrogens is 2. The van der Waals surface area contributed by atoms with Crippen molar-refractivity contribution in [3.63, 3.8) is 0 Å². The van der Waals surface area contributed by atoms with Gasteiger partial charge < -0.3 is 9.72 Å². The fourth-order valence-corrected chi connectivity index (χ4v) is 2.66. The van der Waals surface area contributed by atoms with Crippen molar-refractivity contribution < 1.29 is 4.74 Å². The Bertz CT molecular complexity index is 1070. The Labute approximate surface area is 137 Å². The molecule has 3 aromatic heterocycles. The van der Waals surface area contributed by atoms with E-state index in [4.69, 9.17) is 4.74 Å². The number of rotatable bonds is 3. The van der Waals surface area contributed by atoms with E-state index in [1.54, 1.807) is 25.6 Å². The lowest BCUT2D eigenvalue weighted by molar-refractivity contribution is 0.415. The molecule has 0 amide bonds. The van der Waals surface area contributed by atoms with Crippen LogP contribution in [0.15, 0.2) is 59.7 Å². The summed E-state index contributed by atoms with van der Waals surface area (Å²) in [5.41, 5.74) is 3.53. The normalized spacial score (nSPS) is 10.9. The predicted molar refractivity (Wildman–Crippen MR) is 91.9 cm³/mol. The molecular formula is C18H14N4O2. The number of hydrogen-bond acceptors (Lipinski definition) is 4. The van der Waals surface area contributed by atoms with Gasteiger partial charge in [0.2, 0.25) is 0 Å². The molecule has 0 saturated heterocycles. The zero-order valence-corrected chi connectivity index (χ0v) is 12.9. The number of hydrogen-bond donors (Lipinski definition) is 2. The number of pyridine rings is 1. The third kappa shape index (κ3) is 2.44. The minimum Gasteiger partial charge on any atom is -0.497 e. The molecule has 0 atom stereocenters. The Kier molecular flexibility index (Phi) is 3.35. The van der Waals surface area contributed by atoms with Crippen molar-refractivity contribution in [1.82, 2.24) is 20.2 Å². The maximum Gasteiger partial charge on any atom is 0.273 e. The van der Waals surface area contributed by atoms with Crippen LogP contribution < -0.4 is 10.3 Å². The fraction of sp³-hybridized carbons (Fsp3) is 0.0556. The highest BCUT2D eigenvalue weighted by molar-refractivity contribution is 5.87. The average Bonchev–Trinajstić information content (AvgIpc) is 3.05. The SMILES string of the molecule is COc1ccc2[nH]c(-c3cc(-c4ccncc4)n[nH]c3=O)cc2c1. The van der Waals surface area contributed by atoms with E-state index >= 15 is 0 Å². The first-order valence-electron chi connectivity index (χ1n) is 7.42. The molecule has 4 aromatic rings. The summed E-state index contributed by atoms with van der Waals surface area (Å²) in [6.45, 7) is 0. The second kappa shape index (κ2) is 5.66. The van der Waals surface area contributed by atoms with Crippen LogP contribution in [0, 0.1) is 0 Å². The maximum atomic E-state index is 12.2. The van der Waals surface area contributed by atoms with Gasteiger partial charge >= 0.3 is 0 Å². The Morgan fingerprint density at radius 3 is 2.67 bits per heavy atom. The molecule has 0 radical (unpaired) electrons. The van der Waals surface area contributed by atoms with Gasteiger partial charge in [0.1, 0.15) is 5.75 Å². The second-order valence-electron chi connectivity index (χ2n) is 5.37. The van der Waals surface area contributed by atoms with E-state index in [0.29, 0.717) is 11.3 Å². The van der Waals surface area contributed by atoms with Crippen LogP contribution in [0.3, 0.4) is 0 Å². The van der Waals surface area contributed by atoms with Gasteiger partial charge in [-0.15, -0.1) is 0 Å². The molecule has 118 valence electrons. The lowest BCUT2D eigenvalue weighted by Gasteiger charge is -2.02. The van der Waals surface area contributed by atoms with Gasteiger partial charge in [0.15, 0.2) is 0 Å². The molecule has 6 nitrogen and oxygen atoms in total. The topological polar surface area (TPSA) is 83.7 Å². The number of nitrogens with one attached hydrogen (secondary N) is 2. The third-order valence-corrected chi connectivity index (χ3v) is 3.90. The van der Waals surface area contributed by atoms with Crippen LogP contribution in [0.25, 0.3) is 33.4 Å². The van der Waals surface area contributed by atoms with Crippen LogP contribution in [0.5, 0.6) is 5.75 Å². The standard InChI is InChI=1S/C18H14N4O2/c1-24-13-2-3-15-12(8-13)9-17(20-15)14-10-16(21-22-18(14)23)11-4-6-19-7-5-11/h2-10,20H,1H3,(H,22,23). The van der Waals surface area contributed by atoms with Crippen LogP contribution in [-0.2, 0) is 0 Å². The van der Waals surface area contributed by atoms with E-state index in [9.17, 15) is 4.79 Å². The highest BCUT2D eigenvalue weighted by Crippen LogP contribution is 2.26. The van der Waals surface area contributed by atoms with E-state index in [0.717, 1.165) is 27.9 Å². The van der Waals surface area contributed by atoms with Gasteiger partial charge in [-0.05, 0) is 42.5 Å². The van der Waals surface area contributed by atoms with Gasteiger partial charge in [0.05, 0.1) is 24.1 Å². The molecule has 0 aliphatic heterocycles. The van der Waals surface area contributed by atoms with E-state index in [2.05, 4.69) is 20.2 Å². The number of ether oxygens (including phenoxy) is 1. The number of aromatic amines is 2. The van der Waals surface area contributed by atoms with Crippen LogP contribution in [-0.4, -0.2) is 27.3 Å². The van der Waals surface area contributed by atoms with E-state index in [-0.39, 0.29) is 5.56 Å². The summed E-state index contributed by atoms with van der Waals surface area (Å²) in [6, 6.07) is 13.1. The number of benzene rings is 1. The van der Waals surface area contributed by atoms with Crippen molar-refractivity contribution >= 4 is 10.9 Å². The van der Waals surface area contributed by atoms with Gasteiger partial charge in [-0.1, -0.05) is 0 Å². The van der Waals surface area contributed by atoms with Crippen molar-refractivity contribution in [1.29, 1.82) is 0 Å². The number of methoxy groups -OCH3 is 1. The molecule has 2 N–H and O–H groups in total. The molecule has 0 saturated carbocycles. The first-order chi connectivity index (χ1) is 11.7. The highest BCUT2D eigenvalue weighted by Gasteiger charge is 2.11. The minimum atomic E-state index is -0.244. The number of fused-ring (bicyclic) bond motifs is 1. The summed E-state index contributed by atoms with van der Waals surface area (Å²) in [6.07, 6.45) is 3.38. The molecule has 6 heteroatoms. The fourth-order valence-electron chi connectivity index (χ4n) is 2.66. The highest BCUT2D eigenvalue weighted by atomic mass is 16.5. The number of aromatic nitrogens is 4. The van der Waals surface area contributed by atoms with Crippen molar-refractivity contribution in [2.24, 2.45) is 0 Å². The Hall–Kier alpha value is -3.41. The molecule has 4 rings (SSSR count). The van der Waals surface area contributed by atoms with Crippen LogP contribution in [0.2, 0.25) is 0 Å². The van der Waals surface area contributed by atoms with Gasteiger partial charge in [-0.2, -0.15) is 5.10 Å². The molecule has 3 heterocycles. The second-order valence-corrected chi connectivity index (χ2v) is 5.37. The third-order valence-electron chi connectivity index (χ3n) is 3.90. The van der Waals surface area contributed by atoms with Crippen molar-refractivity contribution in [2.75, 3.05) is 7.11 Å². The molecule has 0 bridgehead atoms. The Balaban J connectivity index is 1.85. The summed E-state index contributed by atoms with van der Waals surface area (Å²) >= 11 is 0. The van der Waals surface area contributed by atoms with Crippen molar-refractivity contribution in [3.05, 3.63) is 65.2 Å². The lowest BCUT2D eigenvalue weighted by atomic mass is 10.1. The average molecular weight is 318 g/mol. The van der Waals surface area contributed by atoms with Crippen LogP contribution in [0.4, 0.5) is 0 Å². The molecule has 24 heavy (non-hydrogen) atoms. The molecule has 0 spiro atoms. The first-order valence-corrected chi connectivity index (χ1v) is 7.42. The minimum absolute atomic E-state index is 0.244. The summed E-state index contributed by atoms with van der Waals surface area (Å²) in [5.74, 6) is 0.772. The molecule has 1 aromatic carbocycles. The largest absolute Gasteiger partial charge is 0.497 e. The maximum absolute atomic E-state index is 12.2. The summed E-state index contributed by atoms with van der Waals surface area (Å²) < 4.78 is 5.24. The van der Waals surface area contributed by atoms with E-state index in [1.165, 1.54) is 0 Å². The molecule has 0 aliphatic rings. The van der Waals surface area contributed by atoms with Gasteiger partial charge in [0, 0.05) is 28.9 Å². The van der Waals surface area contributed by atoms with Gasteiger partial charge in [-0.25, -0.2) is 5.10 Å². The van der Waals surface area contributed by atoms with E-state index < -0.39 is 0 Å². The Morgan fingerprint density at radius 2 is 1.88 bits per heavy atom. The lowest BCUT2D eigenvalue weighted by Crippen LogP contribution is -2.11. The predicted octanol–water partition coefficient (Wildman–Crippen LogP) is 2.99. The van der Waals surface area contributed by atoms with Crippen LogP contribution in [0.1, 0.15) is 0 Å². The zero-order valence-electron chi connectivity index (χ0n) is 12.9. The first kappa shape index (κ1) is 14.2. The molecule has 0 fully saturated rings. The Morgan fingerprint density at radius 1 is 1.04 bits per heavy atom. The molecular weight excluding hydrogens is 304 g/mol. The number of nitrogens with zero attached hydrogens (tertiary/aromatic N) is 2. The van der Waals surface area contributed by atoms with Crippen molar-refractivity contribution in [3.8, 4) is 28.3 Å². The molecule has 0 unspecified atom stereocenters. The van der Waals surface area contributed by atoms with Crippen molar-refractivity contribution in [2.45, 2.75) is 0 Å². The van der Waals surface area contributed by atoms with Gasteiger partial charge in [0.25, 0.3) is 5.56 Å². The van der Waals surface area contributed by atoms with Crippen LogP contribution >= 0.6 is 0 Å².